The van der Waals surface area contributed by atoms with E-state index in [2.05, 4.69) is 80.9 Å². The maximum Gasteiger partial charge on any atom is 0.221 e. The Labute approximate surface area is 243 Å². The van der Waals surface area contributed by atoms with E-state index < -0.39 is 0 Å². The Kier molecular flexibility index (Phi) is 7.22. The number of carbonyl (C=O) groups is 2. The second-order valence-corrected chi connectivity index (χ2v) is 12.2. The highest BCUT2D eigenvalue weighted by atomic mass is 16.3. The van der Waals surface area contributed by atoms with Gasteiger partial charge >= 0.3 is 0 Å². The summed E-state index contributed by atoms with van der Waals surface area (Å²) in [5.74, 6) is 0.290. The summed E-state index contributed by atoms with van der Waals surface area (Å²) in [7, 11) is 0. The minimum Gasteiger partial charge on any atom is -0.508 e. The molecular weight excluding hydrogens is 510 g/mol. The number of likely N-dealkylation sites (N-methyl/N-ethyl adjacent to an activating group) is 2. The van der Waals surface area contributed by atoms with Crippen molar-refractivity contribution >= 4 is 28.8 Å². The van der Waals surface area contributed by atoms with Gasteiger partial charge < -0.3 is 20.2 Å². The van der Waals surface area contributed by atoms with Crippen LogP contribution in [0.2, 0.25) is 0 Å². The largest absolute Gasteiger partial charge is 0.508 e. The van der Waals surface area contributed by atoms with Crippen molar-refractivity contribution in [1.82, 2.24) is 0 Å². The zero-order valence-electron chi connectivity index (χ0n) is 25.3. The third-order valence-corrected chi connectivity index (χ3v) is 8.85. The summed E-state index contributed by atoms with van der Waals surface area (Å²) < 4.78 is 0. The molecule has 2 aromatic carbocycles. The number of phenols is 1. The molecule has 3 aliphatic rings. The molecule has 2 N–H and O–H groups in total. The number of nitrogens with zero attached hydrogens (tertiary/aromatic N) is 2. The molecule has 6 heteroatoms. The zero-order chi connectivity index (χ0) is 29.7. The van der Waals surface area contributed by atoms with Crippen LogP contribution in [0.15, 0.2) is 83.2 Å². The van der Waals surface area contributed by atoms with Crippen molar-refractivity contribution in [1.29, 1.82) is 0 Å². The van der Waals surface area contributed by atoms with Crippen LogP contribution in [-0.2, 0) is 20.4 Å². The number of nitrogens with one attached hydrogen (secondary N) is 1. The number of hydrogen-bond donors (Lipinski definition) is 2. The topological polar surface area (TPSA) is 72.9 Å². The molecule has 214 valence electrons. The van der Waals surface area contributed by atoms with Crippen molar-refractivity contribution in [3.05, 3.63) is 94.4 Å². The molecule has 0 aromatic heterocycles. The molecule has 1 saturated carbocycles. The first kappa shape index (κ1) is 28.5. The SMILES string of the molecule is CCN1/C(=C\C=C2\CC/C(=C\C=C3\N(CC)c4ccc(NC(C)=O)cc4C3(C)C)C2=O)C(C)(C)c2cc(O)ccc21. The fourth-order valence-corrected chi connectivity index (χ4v) is 6.68. The lowest BCUT2D eigenvalue weighted by atomic mass is 9.83. The summed E-state index contributed by atoms with van der Waals surface area (Å²) >= 11 is 0. The van der Waals surface area contributed by atoms with Gasteiger partial charge in [-0.1, -0.05) is 39.8 Å². The summed E-state index contributed by atoms with van der Waals surface area (Å²) in [6.45, 7) is 16.1. The van der Waals surface area contributed by atoms with Crippen LogP contribution in [0.1, 0.15) is 72.4 Å². The minimum absolute atomic E-state index is 0.0874. The zero-order valence-corrected chi connectivity index (χ0v) is 25.3. The lowest BCUT2D eigenvalue weighted by molar-refractivity contribution is -0.114. The smallest absolute Gasteiger partial charge is 0.221 e. The predicted octanol–water partition coefficient (Wildman–Crippen LogP) is 7.27. The van der Waals surface area contributed by atoms with Gasteiger partial charge in [-0.3, -0.25) is 9.59 Å². The van der Waals surface area contributed by atoms with Gasteiger partial charge in [0.2, 0.25) is 5.91 Å². The number of aromatic hydroxyl groups is 1. The van der Waals surface area contributed by atoms with Crippen molar-refractivity contribution in [2.75, 3.05) is 28.2 Å². The van der Waals surface area contributed by atoms with E-state index in [1.165, 1.54) is 6.92 Å². The normalized spacial score (nSPS) is 22.8. The molecular formula is C35H41N3O3. The van der Waals surface area contributed by atoms with Gasteiger partial charge in [-0.25, -0.2) is 0 Å². The first-order valence-electron chi connectivity index (χ1n) is 14.6. The van der Waals surface area contributed by atoms with Crippen LogP contribution in [0.4, 0.5) is 17.1 Å². The molecule has 0 atom stereocenters. The Balaban J connectivity index is 1.42. The van der Waals surface area contributed by atoms with Crippen LogP contribution >= 0.6 is 0 Å². The molecule has 2 aliphatic heterocycles. The Morgan fingerprint density at radius 2 is 1.32 bits per heavy atom. The summed E-state index contributed by atoms with van der Waals surface area (Å²) in [6.07, 6.45) is 9.65. The Hall–Kier alpha value is -4.06. The maximum atomic E-state index is 13.5. The Morgan fingerprint density at radius 1 is 0.829 bits per heavy atom. The first-order valence-corrected chi connectivity index (χ1v) is 14.6. The number of amides is 1. The molecule has 1 fully saturated rings. The van der Waals surface area contributed by atoms with Crippen LogP contribution < -0.4 is 15.1 Å². The molecule has 0 spiro atoms. The molecule has 0 bridgehead atoms. The lowest BCUT2D eigenvalue weighted by Crippen LogP contribution is -2.25. The number of anilines is 3. The number of hydrogen-bond acceptors (Lipinski definition) is 5. The van der Waals surface area contributed by atoms with Crippen molar-refractivity contribution < 1.29 is 14.7 Å². The number of benzene rings is 2. The van der Waals surface area contributed by atoms with Gasteiger partial charge in [0, 0.05) is 70.4 Å². The Bertz CT molecular complexity index is 1550. The molecule has 41 heavy (non-hydrogen) atoms. The van der Waals surface area contributed by atoms with E-state index in [1.807, 2.05) is 30.4 Å². The van der Waals surface area contributed by atoms with E-state index in [1.54, 1.807) is 6.07 Å². The van der Waals surface area contributed by atoms with E-state index >= 15 is 0 Å². The van der Waals surface area contributed by atoms with Crippen molar-refractivity contribution in [2.45, 2.75) is 72.1 Å². The van der Waals surface area contributed by atoms with Gasteiger partial charge in [0.1, 0.15) is 5.75 Å². The van der Waals surface area contributed by atoms with Crippen molar-refractivity contribution in [2.24, 2.45) is 0 Å². The second-order valence-electron chi connectivity index (χ2n) is 12.2. The molecule has 5 rings (SSSR count). The highest BCUT2D eigenvalue weighted by Gasteiger charge is 2.41. The van der Waals surface area contributed by atoms with E-state index in [9.17, 15) is 14.7 Å². The minimum atomic E-state index is -0.279. The van der Waals surface area contributed by atoms with Crippen LogP contribution in [0.3, 0.4) is 0 Å². The summed E-state index contributed by atoms with van der Waals surface area (Å²) in [5, 5.41) is 13.0. The highest BCUT2D eigenvalue weighted by molar-refractivity contribution is 6.11. The molecule has 1 amide bonds. The van der Waals surface area contributed by atoms with Crippen LogP contribution in [0.25, 0.3) is 0 Å². The van der Waals surface area contributed by atoms with E-state index in [0.717, 1.165) is 76.7 Å². The third kappa shape index (κ3) is 4.79. The summed E-state index contributed by atoms with van der Waals surface area (Å²) in [6, 6.07) is 11.6. The standard InChI is InChI=1S/C35H41N3O3/c1-8-37-29-16-14-25(36-22(3)39)20-27(29)34(4,5)31(37)18-12-23-10-11-24(33(23)41)13-19-32-35(6,7)28-21-26(40)15-17-30(28)38(32)9-2/h12-21,40H,8-11H2,1-7H3,(H,36,39)/b23-12+,24-13-,31-18+,32-19-. The average Bonchev–Trinajstić information content (AvgIpc) is 3.45. The fourth-order valence-electron chi connectivity index (χ4n) is 6.68. The van der Waals surface area contributed by atoms with Crippen LogP contribution in [0.5, 0.6) is 5.75 Å². The number of fused-ring (bicyclic) bond motifs is 2. The van der Waals surface area contributed by atoms with E-state index in [4.69, 9.17) is 0 Å². The van der Waals surface area contributed by atoms with Gasteiger partial charge in [0.15, 0.2) is 5.78 Å². The quantitative estimate of drug-likeness (QED) is 0.383. The van der Waals surface area contributed by atoms with Gasteiger partial charge in [-0.05, 0) is 86.4 Å². The molecule has 0 saturated heterocycles. The molecule has 2 aromatic rings. The number of carbonyl (C=O) groups excluding carboxylic acids is 2. The predicted molar refractivity (Wildman–Crippen MR) is 168 cm³/mol. The summed E-state index contributed by atoms with van der Waals surface area (Å²) in [4.78, 5) is 29.7. The summed E-state index contributed by atoms with van der Waals surface area (Å²) in [5.41, 5.74) is 8.66. The van der Waals surface area contributed by atoms with Crippen LogP contribution in [-0.4, -0.2) is 29.9 Å². The number of Topliss-reactive ketones (excluding diaryl/α,β-unsaturated/α-hetero) is 1. The average molecular weight is 552 g/mol. The number of ketones is 1. The van der Waals surface area contributed by atoms with Crippen molar-refractivity contribution in [3.8, 4) is 5.75 Å². The molecule has 0 radical (unpaired) electrons. The van der Waals surface area contributed by atoms with Crippen LogP contribution in [0, 0.1) is 0 Å². The molecule has 6 nitrogen and oxygen atoms in total. The third-order valence-electron chi connectivity index (χ3n) is 8.85. The maximum absolute atomic E-state index is 13.5. The highest BCUT2D eigenvalue weighted by Crippen LogP contribution is 2.50. The van der Waals surface area contributed by atoms with E-state index in [-0.39, 0.29) is 28.3 Å². The van der Waals surface area contributed by atoms with Gasteiger partial charge in [-0.2, -0.15) is 0 Å². The molecule has 0 unspecified atom stereocenters. The first-order chi connectivity index (χ1) is 19.4. The van der Waals surface area contributed by atoms with Gasteiger partial charge in [0.05, 0.1) is 0 Å². The molecule has 2 heterocycles. The van der Waals surface area contributed by atoms with E-state index in [0.29, 0.717) is 0 Å². The fraction of sp³-hybridized carbons (Fsp3) is 0.371. The Morgan fingerprint density at radius 3 is 1.80 bits per heavy atom. The lowest BCUT2D eigenvalue weighted by Gasteiger charge is -2.26. The number of phenolic OH excluding ortho intramolecular Hbond substituents is 1. The monoisotopic (exact) mass is 551 g/mol. The second kappa shape index (κ2) is 10.4. The number of rotatable bonds is 5. The van der Waals surface area contributed by atoms with Gasteiger partial charge in [0.25, 0.3) is 0 Å². The van der Waals surface area contributed by atoms with Gasteiger partial charge in [-0.15, -0.1) is 0 Å². The van der Waals surface area contributed by atoms with Crippen molar-refractivity contribution in [3.63, 3.8) is 0 Å². The number of allylic oxidation sites excluding steroid dienone is 8. The molecule has 1 aliphatic carbocycles.